The Labute approximate surface area is 98.5 Å². The van der Waals surface area contributed by atoms with Gasteiger partial charge in [-0.05, 0) is 31.4 Å². The second-order valence-corrected chi connectivity index (χ2v) is 5.66. The molecule has 0 amide bonds. The number of nitrogens with zero attached hydrogens (tertiary/aromatic N) is 1. The molecule has 0 radical (unpaired) electrons. The van der Waals surface area contributed by atoms with Gasteiger partial charge in [-0.1, -0.05) is 43.2 Å². The fourth-order valence-corrected chi connectivity index (χ4v) is 3.95. The summed E-state index contributed by atoms with van der Waals surface area (Å²) < 4.78 is 0. The zero-order valence-corrected chi connectivity index (χ0v) is 10.2. The Morgan fingerprint density at radius 2 is 2.00 bits per heavy atom. The predicted octanol–water partition coefficient (Wildman–Crippen LogP) is 3.06. The quantitative estimate of drug-likeness (QED) is 0.696. The summed E-state index contributed by atoms with van der Waals surface area (Å²) in [6.45, 7) is 2.57. The van der Waals surface area contributed by atoms with Gasteiger partial charge in [-0.25, -0.2) is 0 Å². The smallest absolute Gasteiger partial charge is 0.0120 e. The molecule has 1 heterocycles. The van der Waals surface area contributed by atoms with E-state index in [4.69, 9.17) is 0 Å². The Kier molecular flexibility index (Phi) is 2.51. The molecule has 1 aliphatic carbocycles. The van der Waals surface area contributed by atoms with E-state index in [0.29, 0.717) is 5.41 Å². The molecule has 1 saturated heterocycles. The summed E-state index contributed by atoms with van der Waals surface area (Å²) in [7, 11) is 2.28. The van der Waals surface area contributed by atoms with Crippen LogP contribution in [0.2, 0.25) is 0 Å². The monoisotopic (exact) mass is 215 g/mol. The van der Waals surface area contributed by atoms with Crippen LogP contribution < -0.4 is 0 Å². The van der Waals surface area contributed by atoms with Crippen molar-refractivity contribution in [1.29, 1.82) is 0 Å². The molecule has 1 aliphatic heterocycles. The zero-order chi connectivity index (χ0) is 11.0. The number of hydrogen-bond acceptors (Lipinski definition) is 1. The normalized spacial score (nSPS) is 34.9. The zero-order valence-electron chi connectivity index (χ0n) is 10.2. The number of fused-ring (bicyclic) bond motifs is 1. The fraction of sp³-hybridized carbons (Fsp3) is 0.600. The van der Waals surface area contributed by atoms with Gasteiger partial charge in [0.15, 0.2) is 0 Å². The van der Waals surface area contributed by atoms with E-state index >= 15 is 0 Å². The van der Waals surface area contributed by atoms with Crippen molar-refractivity contribution >= 4 is 0 Å². The first kappa shape index (κ1) is 10.3. The molecule has 2 atom stereocenters. The van der Waals surface area contributed by atoms with Crippen molar-refractivity contribution in [2.45, 2.75) is 31.1 Å². The van der Waals surface area contributed by atoms with Crippen LogP contribution in [0.4, 0.5) is 0 Å². The molecule has 1 aromatic carbocycles. The minimum absolute atomic E-state index is 0.480. The number of hydrogen-bond donors (Lipinski definition) is 0. The largest absolute Gasteiger partial charge is 0.305 e. The lowest BCUT2D eigenvalue weighted by Crippen LogP contribution is -2.37. The van der Waals surface area contributed by atoms with Crippen LogP contribution in [0.1, 0.15) is 31.2 Å². The van der Waals surface area contributed by atoms with Gasteiger partial charge in [-0.3, -0.25) is 0 Å². The maximum atomic E-state index is 2.53. The minimum atomic E-state index is 0.480. The average molecular weight is 215 g/mol. The molecule has 86 valence electrons. The van der Waals surface area contributed by atoms with Gasteiger partial charge in [0.2, 0.25) is 0 Å². The molecule has 1 aromatic rings. The number of likely N-dealkylation sites (tertiary alicyclic amines) is 1. The molecular weight excluding hydrogens is 194 g/mol. The molecule has 0 spiro atoms. The number of rotatable bonds is 1. The topological polar surface area (TPSA) is 3.24 Å². The Bertz CT molecular complexity index is 359. The first-order chi connectivity index (χ1) is 7.81. The minimum Gasteiger partial charge on any atom is -0.305 e. The van der Waals surface area contributed by atoms with Crippen molar-refractivity contribution in [3.05, 3.63) is 35.9 Å². The summed E-state index contributed by atoms with van der Waals surface area (Å²) in [5, 5.41) is 0. The van der Waals surface area contributed by atoms with Crippen molar-refractivity contribution < 1.29 is 0 Å². The lowest BCUT2D eigenvalue weighted by atomic mass is 9.64. The maximum absolute atomic E-state index is 2.53. The molecule has 1 heteroatoms. The fourth-order valence-electron chi connectivity index (χ4n) is 3.95. The van der Waals surface area contributed by atoms with Crippen LogP contribution in [0, 0.1) is 5.92 Å². The van der Waals surface area contributed by atoms with E-state index in [1.54, 1.807) is 5.56 Å². The number of benzene rings is 1. The van der Waals surface area contributed by atoms with Crippen molar-refractivity contribution in [3.63, 3.8) is 0 Å². The third-order valence-corrected chi connectivity index (χ3v) is 4.64. The highest BCUT2D eigenvalue weighted by Crippen LogP contribution is 2.48. The van der Waals surface area contributed by atoms with Gasteiger partial charge >= 0.3 is 0 Å². The van der Waals surface area contributed by atoms with Crippen molar-refractivity contribution in [2.75, 3.05) is 20.1 Å². The Hall–Kier alpha value is -0.820. The Balaban J connectivity index is 2.00. The summed E-state index contributed by atoms with van der Waals surface area (Å²) in [4.78, 5) is 2.53. The van der Waals surface area contributed by atoms with Gasteiger partial charge in [0.25, 0.3) is 0 Å². The molecule has 3 rings (SSSR count). The second kappa shape index (κ2) is 3.89. The van der Waals surface area contributed by atoms with E-state index in [-0.39, 0.29) is 0 Å². The van der Waals surface area contributed by atoms with Crippen LogP contribution in [0.3, 0.4) is 0 Å². The van der Waals surface area contributed by atoms with E-state index in [9.17, 15) is 0 Å². The van der Waals surface area contributed by atoms with Crippen LogP contribution in [-0.2, 0) is 5.41 Å². The van der Waals surface area contributed by atoms with Crippen LogP contribution >= 0.6 is 0 Å². The van der Waals surface area contributed by atoms with Crippen molar-refractivity contribution in [3.8, 4) is 0 Å². The SMILES string of the molecule is CN1CC2CCCCC2(c2ccccc2)C1. The predicted molar refractivity (Wildman–Crippen MR) is 67.6 cm³/mol. The Morgan fingerprint density at radius 3 is 2.81 bits per heavy atom. The molecular formula is C15H21N. The van der Waals surface area contributed by atoms with E-state index in [1.165, 1.54) is 38.8 Å². The standard InChI is InChI=1S/C15H21N/c1-16-11-14-9-5-6-10-15(14,12-16)13-7-3-2-4-8-13/h2-4,7-8,14H,5-6,9-12H2,1H3. The lowest BCUT2D eigenvalue weighted by molar-refractivity contribution is 0.241. The summed E-state index contributed by atoms with van der Waals surface area (Å²) in [6.07, 6.45) is 5.68. The molecule has 2 unspecified atom stereocenters. The molecule has 0 N–H and O–H groups in total. The molecule has 0 bridgehead atoms. The Morgan fingerprint density at radius 1 is 1.19 bits per heavy atom. The summed E-state index contributed by atoms with van der Waals surface area (Å²) in [6, 6.07) is 11.2. The van der Waals surface area contributed by atoms with E-state index in [0.717, 1.165) is 5.92 Å². The highest BCUT2D eigenvalue weighted by molar-refractivity contribution is 5.29. The average Bonchev–Trinajstić information content (AvgIpc) is 2.67. The molecule has 2 fully saturated rings. The van der Waals surface area contributed by atoms with E-state index < -0.39 is 0 Å². The van der Waals surface area contributed by atoms with Crippen LogP contribution in [-0.4, -0.2) is 25.0 Å². The number of likely N-dealkylation sites (N-methyl/N-ethyl adjacent to an activating group) is 1. The molecule has 16 heavy (non-hydrogen) atoms. The molecule has 1 nitrogen and oxygen atoms in total. The van der Waals surface area contributed by atoms with Gasteiger partial charge < -0.3 is 4.90 Å². The first-order valence-corrected chi connectivity index (χ1v) is 6.55. The molecule has 0 aromatic heterocycles. The highest BCUT2D eigenvalue weighted by atomic mass is 15.1. The second-order valence-electron chi connectivity index (χ2n) is 5.66. The van der Waals surface area contributed by atoms with Crippen LogP contribution in [0.15, 0.2) is 30.3 Å². The summed E-state index contributed by atoms with van der Waals surface area (Å²) >= 11 is 0. The van der Waals surface area contributed by atoms with Crippen LogP contribution in [0.25, 0.3) is 0 Å². The van der Waals surface area contributed by atoms with Gasteiger partial charge in [0, 0.05) is 18.5 Å². The highest BCUT2D eigenvalue weighted by Gasteiger charge is 2.47. The van der Waals surface area contributed by atoms with Crippen LogP contribution in [0.5, 0.6) is 0 Å². The molecule has 2 aliphatic rings. The van der Waals surface area contributed by atoms with Crippen molar-refractivity contribution in [2.24, 2.45) is 5.92 Å². The third kappa shape index (κ3) is 1.49. The van der Waals surface area contributed by atoms with Gasteiger partial charge in [-0.2, -0.15) is 0 Å². The molecule has 1 saturated carbocycles. The van der Waals surface area contributed by atoms with Crippen molar-refractivity contribution in [1.82, 2.24) is 4.90 Å². The van der Waals surface area contributed by atoms with E-state index in [2.05, 4.69) is 42.3 Å². The van der Waals surface area contributed by atoms with E-state index in [1.807, 2.05) is 0 Å². The third-order valence-electron chi connectivity index (χ3n) is 4.64. The van der Waals surface area contributed by atoms with Gasteiger partial charge in [0.1, 0.15) is 0 Å². The maximum Gasteiger partial charge on any atom is 0.0120 e. The lowest BCUT2D eigenvalue weighted by Gasteiger charge is -2.39. The van der Waals surface area contributed by atoms with Gasteiger partial charge in [0.05, 0.1) is 0 Å². The summed E-state index contributed by atoms with van der Waals surface area (Å²) in [5.41, 5.74) is 2.07. The first-order valence-electron chi connectivity index (χ1n) is 6.55. The summed E-state index contributed by atoms with van der Waals surface area (Å²) in [5.74, 6) is 0.897. The van der Waals surface area contributed by atoms with Gasteiger partial charge in [-0.15, -0.1) is 0 Å².